The third kappa shape index (κ3) is 3.33. The van der Waals surface area contributed by atoms with Crippen molar-refractivity contribution < 1.29 is 9.53 Å². The van der Waals surface area contributed by atoms with Crippen LogP contribution in [0.15, 0.2) is 33.9 Å². The molecule has 0 saturated heterocycles. The van der Waals surface area contributed by atoms with Gasteiger partial charge in [0.15, 0.2) is 0 Å². The second kappa shape index (κ2) is 7.55. The Morgan fingerprint density at radius 3 is 2.77 bits per heavy atom. The summed E-state index contributed by atoms with van der Waals surface area (Å²) in [7, 11) is 1.41. The summed E-state index contributed by atoms with van der Waals surface area (Å²) in [6.45, 7) is 0. The van der Waals surface area contributed by atoms with E-state index in [4.69, 9.17) is 9.72 Å². The zero-order valence-electron chi connectivity index (χ0n) is 14.7. The number of hydrogen-bond donors (Lipinski definition) is 0. The summed E-state index contributed by atoms with van der Waals surface area (Å²) in [6, 6.07) is 8.65. The van der Waals surface area contributed by atoms with Crippen LogP contribution in [0.4, 0.5) is 0 Å². The number of aryl methyl sites for hydroxylation is 2. The van der Waals surface area contributed by atoms with Crippen molar-refractivity contribution in [3.05, 3.63) is 45.6 Å². The van der Waals surface area contributed by atoms with Crippen LogP contribution in [0.25, 0.3) is 21.8 Å². The highest BCUT2D eigenvalue weighted by Gasteiger charge is 2.19. The van der Waals surface area contributed by atoms with Crippen molar-refractivity contribution in [1.29, 1.82) is 0 Å². The summed E-state index contributed by atoms with van der Waals surface area (Å²) in [5.74, 6) is -0.289. The summed E-state index contributed by atoms with van der Waals surface area (Å²) in [5, 5.41) is 3.06. The number of thiazole rings is 1. The molecule has 0 aliphatic heterocycles. The summed E-state index contributed by atoms with van der Waals surface area (Å²) in [5.41, 5.74) is 6.17. The second-order valence-corrected chi connectivity index (χ2v) is 9.22. The van der Waals surface area contributed by atoms with E-state index in [9.17, 15) is 4.79 Å². The van der Waals surface area contributed by atoms with Gasteiger partial charge in [0.05, 0.1) is 17.0 Å². The molecule has 26 heavy (non-hydrogen) atoms. The lowest BCUT2D eigenvalue weighted by Gasteiger charge is -2.16. The quantitative estimate of drug-likeness (QED) is 0.401. The Kier molecular flexibility index (Phi) is 5.16. The number of thiophene rings is 1. The molecule has 1 aromatic carbocycles. The van der Waals surface area contributed by atoms with E-state index in [0.29, 0.717) is 4.88 Å². The zero-order chi connectivity index (χ0) is 18.1. The van der Waals surface area contributed by atoms with Gasteiger partial charge in [-0.3, -0.25) is 0 Å². The van der Waals surface area contributed by atoms with Gasteiger partial charge in [0, 0.05) is 16.5 Å². The van der Waals surface area contributed by atoms with E-state index in [1.807, 2.05) is 12.3 Å². The van der Waals surface area contributed by atoms with Gasteiger partial charge < -0.3 is 4.74 Å². The van der Waals surface area contributed by atoms with Crippen LogP contribution >= 0.6 is 34.4 Å². The molecule has 0 atom stereocenters. The number of methoxy groups -OCH3 is 1. The van der Waals surface area contributed by atoms with Crippen LogP contribution in [0.3, 0.4) is 0 Å². The van der Waals surface area contributed by atoms with E-state index in [-0.39, 0.29) is 5.97 Å². The first kappa shape index (κ1) is 17.8. The first-order valence-corrected chi connectivity index (χ1v) is 11.5. The van der Waals surface area contributed by atoms with Gasteiger partial charge in [-0.15, -0.1) is 34.4 Å². The van der Waals surface area contributed by atoms with Crippen LogP contribution in [0.2, 0.25) is 0 Å². The number of carbonyl (C=O) groups excluding carboxylic acids is 1. The molecule has 2 heterocycles. The first-order chi connectivity index (χ1) is 12.7. The van der Waals surface area contributed by atoms with E-state index < -0.39 is 0 Å². The highest BCUT2D eigenvalue weighted by atomic mass is 32.2. The minimum atomic E-state index is -0.289. The highest BCUT2D eigenvalue weighted by Crippen LogP contribution is 2.40. The summed E-state index contributed by atoms with van der Waals surface area (Å²) in [4.78, 5) is 17.3. The van der Waals surface area contributed by atoms with Crippen molar-refractivity contribution in [2.24, 2.45) is 0 Å². The molecule has 0 N–H and O–H groups in total. The smallest absolute Gasteiger partial charge is 0.348 e. The highest BCUT2D eigenvalue weighted by molar-refractivity contribution is 8.00. The maximum Gasteiger partial charge on any atom is 0.348 e. The van der Waals surface area contributed by atoms with Crippen LogP contribution in [0.5, 0.6) is 0 Å². The van der Waals surface area contributed by atoms with Gasteiger partial charge >= 0.3 is 5.97 Å². The molecule has 0 saturated carbocycles. The molecule has 0 amide bonds. The van der Waals surface area contributed by atoms with Gasteiger partial charge in [0.2, 0.25) is 0 Å². The number of fused-ring (bicyclic) bond motifs is 1. The van der Waals surface area contributed by atoms with Crippen LogP contribution < -0.4 is 0 Å². The van der Waals surface area contributed by atoms with E-state index >= 15 is 0 Å². The first-order valence-electron chi connectivity index (χ1n) is 8.54. The number of benzene rings is 1. The van der Waals surface area contributed by atoms with E-state index in [1.54, 1.807) is 23.1 Å². The Labute approximate surface area is 165 Å². The van der Waals surface area contributed by atoms with Crippen molar-refractivity contribution >= 4 is 40.4 Å². The number of carbonyl (C=O) groups is 1. The summed E-state index contributed by atoms with van der Waals surface area (Å²) in [6.07, 6.45) is 6.96. The molecular formula is C20H19NO2S3. The van der Waals surface area contributed by atoms with Crippen molar-refractivity contribution in [3.63, 3.8) is 0 Å². The standard InChI is InChI=1S/C20H19NO2S3/c1-23-19(22)17-10-15(20(24-2)26-17)18-21-16(11-25-18)14-8-7-12-5-3-4-6-13(12)9-14/h7-11H,3-6H2,1-2H3. The molecule has 0 fully saturated rings. The maximum atomic E-state index is 11.9. The fourth-order valence-corrected chi connectivity index (χ4v) is 6.07. The number of nitrogens with zero attached hydrogens (tertiary/aromatic N) is 1. The predicted molar refractivity (Wildman–Crippen MR) is 111 cm³/mol. The number of aromatic nitrogens is 1. The molecule has 134 valence electrons. The van der Waals surface area contributed by atoms with Crippen LogP contribution in [-0.2, 0) is 17.6 Å². The molecule has 2 aromatic heterocycles. The topological polar surface area (TPSA) is 39.2 Å². The molecule has 0 bridgehead atoms. The number of thioether (sulfide) groups is 1. The van der Waals surface area contributed by atoms with Crippen molar-refractivity contribution in [1.82, 2.24) is 4.98 Å². The van der Waals surface area contributed by atoms with E-state index in [2.05, 4.69) is 23.6 Å². The van der Waals surface area contributed by atoms with Gasteiger partial charge in [0.1, 0.15) is 9.88 Å². The molecule has 3 nitrogen and oxygen atoms in total. The number of hydrogen-bond acceptors (Lipinski definition) is 6. The molecule has 6 heteroatoms. The molecule has 1 aliphatic carbocycles. The van der Waals surface area contributed by atoms with E-state index in [1.165, 1.54) is 60.8 Å². The molecule has 1 aliphatic rings. The SMILES string of the molecule is COC(=O)c1cc(-c2nc(-c3ccc4c(c3)CCCC4)cs2)c(SC)s1. The number of ether oxygens (including phenoxy) is 1. The predicted octanol–water partition coefficient (Wildman–Crippen LogP) is 5.93. The average Bonchev–Trinajstić information content (AvgIpc) is 3.33. The third-order valence-electron chi connectivity index (χ3n) is 4.65. The van der Waals surface area contributed by atoms with Crippen LogP contribution in [0.1, 0.15) is 33.6 Å². The Hall–Kier alpha value is -1.63. The zero-order valence-corrected chi connectivity index (χ0v) is 17.2. The lowest BCUT2D eigenvalue weighted by Crippen LogP contribution is -2.02. The lowest BCUT2D eigenvalue weighted by molar-refractivity contribution is 0.0606. The van der Waals surface area contributed by atoms with Crippen LogP contribution in [-0.4, -0.2) is 24.3 Å². The molecular weight excluding hydrogens is 382 g/mol. The van der Waals surface area contributed by atoms with Crippen molar-refractivity contribution in [3.8, 4) is 21.8 Å². The largest absolute Gasteiger partial charge is 0.465 e. The average molecular weight is 402 g/mol. The molecule has 0 spiro atoms. The third-order valence-corrected chi connectivity index (χ3v) is 7.77. The Balaban J connectivity index is 1.68. The Morgan fingerprint density at radius 1 is 1.19 bits per heavy atom. The fraction of sp³-hybridized carbons (Fsp3) is 0.300. The molecule has 3 aromatic rings. The van der Waals surface area contributed by atoms with E-state index in [0.717, 1.165) is 20.5 Å². The second-order valence-electron chi connectivity index (χ2n) is 6.24. The fourth-order valence-electron chi connectivity index (χ4n) is 3.30. The molecule has 0 unspecified atom stereocenters. The van der Waals surface area contributed by atoms with Crippen LogP contribution in [0, 0.1) is 0 Å². The minimum absolute atomic E-state index is 0.289. The van der Waals surface area contributed by atoms with Crippen molar-refractivity contribution in [2.75, 3.05) is 13.4 Å². The van der Waals surface area contributed by atoms with Gasteiger partial charge in [-0.1, -0.05) is 12.1 Å². The van der Waals surface area contributed by atoms with Gasteiger partial charge in [-0.05, 0) is 55.2 Å². The maximum absolute atomic E-state index is 11.9. The minimum Gasteiger partial charge on any atom is -0.465 e. The summed E-state index contributed by atoms with van der Waals surface area (Å²) < 4.78 is 5.95. The van der Waals surface area contributed by atoms with Crippen molar-refractivity contribution in [2.45, 2.75) is 29.9 Å². The molecule has 0 radical (unpaired) electrons. The van der Waals surface area contributed by atoms with Gasteiger partial charge in [-0.25, -0.2) is 9.78 Å². The Bertz CT molecular complexity index is 958. The Morgan fingerprint density at radius 2 is 2.00 bits per heavy atom. The normalized spacial score (nSPS) is 13.5. The van der Waals surface area contributed by atoms with Gasteiger partial charge in [0.25, 0.3) is 0 Å². The number of rotatable bonds is 4. The van der Waals surface area contributed by atoms with Gasteiger partial charge in [-0.2, -0.15) is 0 Å². The molecule has 4 rings (SSSR count). The monoisotopic (exact) mass is 401 g/mol. The number of esters is 1. The lowest BCUT2D eigenvalue weighted by atomic mass is 9.90. The summed E-state index contributed by atoms with van der Waals surface area (Å²) >= 11 is 4.73.